The number of aromatic nitrogens is 1. The lowest BCUT2D eigenvalue weighted by Gasteiger charge is -2.32. The minimum absolute atomic E-state index is 0.118. The number of rotatable bonds is 8. The molecule has 0 spiro atoms. The third kappa shape index (κ3) is 4.98. The number of carbonyl (C=O) groups is 3. The molecule has 1 aromatic heterocycles. The van der Waals surface area contributed by atoms with Gasteiger partial charge in [-0.1, -0.05) is 23.3 Å². The van der Waals surface area contributed by atoms with Gasteiger partial charge in [0.2, 0.25) is 0 Å². The SMILES string of the molecule is O=C(CCC(SSc1ccccn1)C1CCC1)ON1C(=O)CCC1=O. The standard InChI is InChI=1S/C17H20N2O4S2/c20-15-8-9-16(21)19(15)23-17(22)10-7-13(12-4-3-5-12)24-25-14-6-1-2-11-18-14/h1-2,6,11-13H,3-5,7-10H2. The smallest absolute Gasteiger partial charge is 0.330 e. The summed E-state index contributed by atoms with van der Waals surface area (Å²) in [5, 5.41) is 1.90. The summed E-state index contributed by atoms with van der Waals surface area (Å²) < 4.78 is 0. The van der Waals surface area contributed by atoms with Gasteiger partial charge in [-0.05, 0) is 48.1 Å². The first-order valence-electron chi connectivity index (χ1n) is 8.44. The summed E-state index contributed by atoms with van der Waals surface area (Å²) in [6, 6.07) is 5.80. The molecule has 2 amide bonds. The van der Waals surface area contributed by atoms with Crippen LogP contribution in [0.15, 0.2) is 29.4 Å². The van der Waals surface area contributed by atoms with Gasteiger partial charge in [-0.3, -0.25) is 9.59 Å². The molecule has 0 aromatic carbocycles. The Hall–Kier alpha value is -1.54. The predicted octanol–water partition coefficient (Wildman–Crippen LogP) is 3.38. The highest BCUT2D eigenvalue weighted by Crippen LogP contribution is 2.44. The molecule has 1 saturated carbocycles. The van der Waals surface area contributed by atoms with E-state index in [1.54, 1.807) is 27.8 Å². The Labute approximate surface area is 154 Å². The minimum Gasteiger partial charge on any atom is -0.330 e. The van der Waals surface area contributed by atoms with Crippen LogP contribution in [-0.4, -0.2) is 33.1 Å². The van der Waals surface area contributed by atoms with Gasteiger partial charge >= 0.3 is 5.97 Å². The second-order valence-electron chi connectivity index (χ2n) is 6.16. The Balaban J connectivity index is 1.47. The number of nitrogens with zero attached hydrogens (tertiary/aromatic N) is 2. The predicted molar refractivity (Wildman–Crippen MR) is 95.2 cm³/mol. The Morgan fingerprint density at radius 1 is 1.28 bits per heavy atom. The fraction of sp³-hybridized carbons (Fsp3) is 0.529. The van der Waals surface area contributed by atoms with Crippen molar-refractivity contribution in [2.45, 2.75) is 55.2 Å². The summed E-state index contributed by atoms with van der Waals surface area (Å²) in [6.07, 6.45) is 6.47. The molecule has 0 bridgehead atoms. The number of pyridine rings is 1. The van der Waals surface area contributed by atoms with E-state index in [0.29, 0.717) is 22.7 Å². The lowest BCUT2D eigenvalue weighted by molar-refractivity contribution is -0.197. The van der Waals surface area contributed by atoms with Crippen LogP contribution < -0.4 is 0 Å². The van der Waals surface area contributed by atoms with Crippen molar-refractivity contribution in [1.29, 1.82) is 0 Å². The largest absolute Gasteiger partial charge is 0.333 e. The molecule has 1 aliphatic heterocycles. The monoisotopic (exact) mass is 380 g/mol. The number of hydroxylamine groups is 2. The van der Waals surface area contributed by atoms with Crippen molar-refractivity contribution in [2.75, 3.05) is 0 Å². The highest BCUT2D eigenvalue weighted by molar-refractivity contribution is 8.76. The van der Waals surface area contributed by atoms with E-state index in [0.717, 1.165) is 5.03 Å². The summed E-state index contributed by atoms with van der Waals surface area (Å²) in [4.78, 5) is 44.2. The highest BCUT2D eigenvalue weighted by atomic mass is 33.1. The Bertz CT molecular complexity index is 621. The molecule has 0 radical (unpaired) electrons. The van der Waals surface area contributed by atoms with Crippen LogP contribution >= 0.6 is 21.6 Å². The van der Waals surface area contributed by atoms with Crippen LogP contribution in [0.1, 0.15) is 44.9 Å². The molecule has 0 N–H and O–H groups in total. The molecule has 25 heavy (non-hydrogen) atoms. The number of imide groups is 1. The van der Waals surface area contributed by atoms with E-state index in [-0.39, 0.29) is 19.3 Å². The van der Waals surface area contributed by atoms with Gasteiger partial charge in [0.05, 0.1) is 0 Å². The molecule has 1 aliphatic carbocycles. The second kappa shape index (κ2) is 8.71. The molecule has 2 aliphatic rings. The van der Waals surface area contributed by atoms with E-state index >= 15 is 0 Å². The van der Waals surface area contributed by atoms with E-state index < -0.39 is 17.8 Å². The molecule has 2 fully saturated rings. The van der Waals surface area contributed by atoms with E-state index in [9.17, 15) is 14.4 Å². The number of hydrogen-bond donors (Lipinski definition) is 0. The van der Waals surface area contributed by atoms with Gasteiger partial charge in [0, 0.05) is 30.7 Å². The van der Waals surface area contributed by atoms with Crippen LogP contribution in [0.2, 0.25) is 0 Å². The number of amides is 2. The zero-order chi connectivity index (χ0) is 17.6. The maximum atomic E-state index is 12.0. The average Bonchev–Trinajstić information content (AvgIpc) is 2.88. The summed E-state index contributed by atoms with van der Waals surface area (Å²) in [7, 11) is 3.37. The van der Waals surface area contributed by atoms with Gasteiger partial charge in [0.25, 0.3) is 11.8 Å². The van der Waals surface area contributed by atoms with Crippen molar-refractivity contribution in [1.82, 2.24) is 10.0 Å². The van der Waals surface area contributed by atoms with E-state index in [1.807, 2.05) is 18.2 Å². The quantitative estimate of drug-likeness (QED) is 0.505. The average molecular weight is 380 g/mol. The molecule has 1 saturated heterocycles. The van der Waals surface area contributed by atoms with Crippen molar-refractivity contribution < 1.29 is 19.2 Å². The van der Waals surface area contributed by atoms with Crippen molar-refractivity contribution in [2.24, 2.45) is 5.92 Å². The molecule has 134 valence electrons. The van der Waals surface area contributed by atoms with Crippen molar-refractivity contribution >= 4 is 39.4 Å². The van der Waals surface area contributed by atoms with Crippen LogP contribution in [0.4, 0.5) is 0 Å². The Kier molecular flexibility index (Phi) is 6.36. The molecule has 1 atom stereocenters. The highest BCUT2D eigenvalue weighted by Gasteiger charge is 2.33. The topological polar surface area (TPSA) is 76.6 Å². The molecular weight excluding hydrogens is 360 g/mol. The summed E-state index contributed by atoms with van der Waals surface area (Å²) in [5.74, 6) is -0.789. The van der Waals surface area contributed by atoms with Crippen LogP contribution in [-0.2, 0) is 19.2 Å². The van der Waals surface area contributed by atoms with Crippen molar-refractivity contribution in [3.63, 3.8) is 0 Å². The maximum absolute atomic E-state index is 12.0. The van der Waals surface area contributed by atoms with Crippen LogP contribution in [0, 0.1) is 5.92 Å². The summed E-state index contributed by atoms with van der Waals surface area (Å²) >= 11 is 0. The van der Waals surface area contributed by atoms with Gasteiger partial charge in [-0.2, -0.15) is 0 Å². The molecule has 1 unspecified atom stereocenters. The Morgan fingerprint density at radius 2 is 2.04 bits per heavy atom. The third-order valence-corrected chi connectivity index (χ3v) is 7.32. The first-order valence-corrected chi connectivity index (χ1v) is 10.7. The first kappa shape index (κ1) is 18.3. The van der Waals surface area contributed by atoms with Crippen LogP contribution in [0.3, 0.4) is 0 Å². The van der Waals surface area contributed by atoms with E-state index in [1.165, 1.54) is 19.3 Å². The Morgan fingerprint density at radius 3 is 2.64 bits per heavy atom. The van der Waals surface area contributed by atoms with E-state index in [2.05, 4.69) is 4.98 Å². The molecular formula is C17H20N2O4S2. The molecule has 2 heterocycles. The molecule has 6 nitrogen and oxygen atoms in total. The lowest BCUT2D eigenvalue weighted by Crippen LogP contribution is -2.32. The first-order chi connectivity index (χ1) is 12.1. The van der Waals surface area contributed by atoms with Gasteiger partial charge in [-0.25, -0.2) is 9.78 Å². The van der Waals surface area contributed by atoms with Gasteiger partial charge in [0.15, 0.2) is 0 Å². The van der Waals surface area contributed by atoms with Crippen LogP contribution in [0.25, 0.3) is 0 Å². The number of hydrogen-bond acceptors (Lipinski definition) is 7. The lowest BCUT2D eigenvalue weighted by atomic mass is 9.81. The third-order valence-electron chi connectivity index (χ3n) is 4.40. The van der Waals surface area contributed by atoms with Gasteiger partial charge < -0.3 is 4.84 Å². The van der Waals surface area contributed by atoms with Gasteiger partial charge in [0.1, 0.15) is 5.03 Å². The summed E-state index contributed by atoms with van der Waals surface area (Å²) in [6.45, 7) is 0. The second-order valence-corrected chi connectivity index (χ2v) is 8.62. The zero-order valence-electron chi connectivity index (χ0n) is 13.8. The van der Waals surface area contributed by atoms with Crippen molar-refractivity contribution in [3.8, 4) is 0 Å². The fourth-order valence-corrected chi connectivity index (χ4v) is 5.57. The molecule has 1 aromatic rings. The van der Waals surface area contributed by atoms with Crippen molar-refractivity contribution in [3.05, 3.63) is 24.4 Å². The normalized spacial score (nSPS) is 19.0. The van der Waals surface area contributed by atoms with Gasteiger partial charge in [-0.15, -0.1) is 5.06 Å². The van der Waals surface area contributed by atoms with Crippen LogP contribution in [0.5, 0.6) is 0 Å². The van der Waals surface area contributed by atoms with E-state index in [4.69, 9.17) is 4.84 Å². The maximum Gasteiger partial charge on any atom is 0.333 e. The molecule has 3 rings (SSSR count). The molecule has 8 heteroatoms. The number of carbonyl (C=O) groups excluding carboxylic acids is 3. The summed E-state index contributed by atoms with van der Waals surface area (Å²) in [5.41, 5.74) is 0. The zero-order valence-corrected chi connectivity index (χ0v) is 15.4. The minimum atomic E-state index is -0.517. The fourth-order valence-electron chi connectivity index (χ4n) is 2.75.